The Bertz CT molecular complexity index is 567. The number of halogens is 1. The van der Waals surface area contributed by atoms with Crippen LogP contribution in [-0.4, -0.2) is 12.1 Å². The lowest BCUT2D eigenvalue weighted by Gasteiger charge is -1.99. The quantitative estimate of drug-likeness (QED) is 0.516. The molecule has 0 spiro atoms. The lowest BCUT2D eigenvalue weighted by Crippen LogP contribution is -2.17. The largest absolute Gasteiger partial charge is 0.271 e. The maximum atomic E-state index is 11.7. The maximum Gasteiger partial charge on any atom is 0.271 e. The van der Waals surface area contributed by atoms with Crippen LogP contribution in [0, 0.1) is 3.57 Å². The van der Waals surface area contributed by atoms with Crippen LogP contribution in [0.5, 0.6) is 0 Å². The number of hydrogen-bond donors (Lipinski definition) is 1. The van der Waals surface area contributed by atoms with Crippen LogP contribution < -0.4 is 5.43 Å². The van der Waals surface area contributed by atoms with E-state index in [-0.39, 0.29) is 5.91 Å². The monoisotopic (exact) mass is 350 g/mol. The third kappa shape index (κ3) is 3.66. The van der Waals surface area contributed by atoms with Gasteiger partial charge in [0, 0.05) is 9.13 Å². The Labute approximate surface area is 119 Å². The molecule has 0 aliphatic heterocycles. The van der Waals surface area contributed by atoms with E-state index in [0.29, 0.717) is 5.56 Å². The van der Waals surface area contributed by atoms with Gasteiger partial charge in [-0.1, -0.05) is 30.3 Å². The SMILES string of the molecule is O=C(N/N=C/c1cccc(I)c1)c1ccccc1. The Morgan fingerprint density at radius 2 is 1.89 bits per heavy atom. The molecule has 0 aliphatic carbocycles. The summed E-state index contributed by atoms with van der Waals surface area (Å²) in [6.07, 6.45) is 1.63. The number of benzene rings is 2. The Balaban J connectivity index is 1.98. The summed E-state index contributed by atoms with van der Waals surface area (Å²) in [5, 5.41) is 3.93. The fourth-order valence-corrected chi connectivity index (χ4v) is 1.97. The molecule has 0 fully saturated rings. The Kier molecular flexibility index (Phi) is 4.46. The summed E-state index contributed by atoms with van der Waals surface area (Å²) in [5.74, 6) is -0.211. The van der Waals surface area contributed by atoms with Crippen LogP contribution in [-0.2, 0) is 0 Å². The number of rotatable bonds is 3. The summed E-state index contributed by atoms with van der Waals surface area (Å²) in [7, 11) is 0. The first-order valence-electron chi connectivity index (χ1n) is 5.40. The van der Waals surface area contributed by atoms with Gasteiger partial charge in [0.25, 0.3) is 5.91 Å². The molecule has 90 valence electrons. The summed E-state index contributed by atoms with van der Waals surface area (Å²) in [4.78, 5) is 11.7. The second-order valence-electron chi connectivity index (χ2n) is 3.62. The fourth-order valence-electron chi connectivity index (χ4n) is 1.41. The van der Waals surface area contributed by atoms with Gasteiger partial charge in [0.05, 0.1) is 6.21 Å². The number of amides is 1. The van der Waals surface area contributed by atoms with Crippen molar-refractivity contribution in [3.8, 4) is 0 Å². The van der Waals surface area contributed by atoms with E-state index in [9.17, 15) is 4.79 Å². The first-order chi connectivity index (χ1) is 8.75. The molecule has 1 amide bonds. The molecule has 1 N–H and O–H groups in total. The van der Waals surface area contributed by atoms with Crippen molar-refractivity contribution in [3.63, 3.8) is 0 Å². The van der Waals surface area contributed by atoms with Crippen LogP contribution in [0.15, 0.2) is 59.7 Å². The summed E-state index contributed by atoms with van der Waals surface area (Å²) in [5.41, 5.74) is 4.04. The number of carbonyl (C=O) groups is 1. The van der Waals surface area contributed by atoms with Crippen molar-refractivity contribution in [2.45, 2.75) is 0 Å². The van der Waals surface area contributed by atoms with Gasteiger partial charge >= 0.3 is 0 Å². The molecule has 2 rings (SSSR count). The van der Waals surface area contributed by atoms with E-state index in [1.165, 1.54) is 0 Å². The highest BCUT2D eigenvalue weighted by Gasteiger charge is 2.01. The number of hydrazone groups is 1. The van der Waals surface area contributed by atoms with Crippen molar-refractivity contribution in [3.05, 3.63) is 69.3 Å². The molecular weight excluding hydrogens is 339 g/mol. The molecule has 0 bridgehead atoms. The maximum absolute atomic E-state index is 11.7. The lowest BCUT2D eigenvalue weighted by molar-refractivity contribution is 0.0955. The van der Waals surface area contributed by atoms with Crippen molar-refractivity contribution in [1.82, 2.24) is 5.43 Å². The van der Waals surface area contributed by atoms with E-state index in [1.807, 2.05) is 42.5 Å². The molecule has 4 heteroatoms. The van der Waals surface area contributed by atoms with Gasteiger partial charge < -0.3 is 0 Å². The molecule has 0 saturated heterocycles. The van der Waals surface area contributed by atoms with Gasteiger partial charge in [0.1, 0.15) is 0 Å². The van der Waals surface area contributed by atoms with Gasteiger partial charge in [0.2, 0.25) is 0 Å². The predicted octanol–water partition coefficient (Wildman–Crippen LogP) is 3.06. The first kappa shape index (κ1) is 12.8. The van der Waals surface area contributed by atoms with E-state index in [2.05, 4.69) is 33.1 Å². The molecule has 0 atom stereocenters. The Morgan fingerprint density at radius 3 is 2.61 bits per heavy atom. The summed E-state index contributed by atoms with van der Waals surface area (Å²) in [6, 6.07) is 16.9. The van der Waals surface area contributed by atoms with Crippen molar-refractivity contribution in [2.75, 3.05) is 0 Å². The molecule has 0 aromatic heterocycles. The van der Waals surface area contributed by atoms with Crippen molar-refractivity contribution >= 4 is 34.7 Å². The summed E-state index contributed by atoms with van der Waals surface area (Å²) >= 11 is 2.23. The van der Waals surface area contributed by atoms with Crippen LogP contribution in [0.3, 0.4) is 0 Å². The van der Waals surface area contributed by atoms with Gasteiger partial charge in [0.15, 0.2) is 0 Å². The van der Waals surface area contributed by atoms with E-state index >= 15 is 0 Å². The zero-order valence-corrected chi connectivity index (χ0v) is 11.7. The minimum absolute atomic E-state index is 0.211. The molecule has 2 aromatic rings. The van der Waals surface area contributed by atoms with E-state index < -0.39 is 0 Å². The minimum Gasteiger partial charge on any atom is -0.267 e. The molecule has 0 unspecified atom stereocenters. The number of nitrogens with one attached hydrogen (secondary N) is 1. The van der Waals surface area contributed by atoms with Crippen LogP contribution in [0.4, 0.5) is 0 Å². The standard InChI is InChI=1S/C14H11IN2O/c15-13-8-4-5-11(9-13)10-16-17-14(18)12-6-2-1-3-7-12/h1-10H,(H,17,18)/b16-10+. The van der Waals surface area contributed by atoms with Crippen molar-refractivity contribution in [2.24, 2.45) is 5.10 Å². The van der Waals surface area contributed by atoms with Gasteiger partial charge in [-0.15, -0.1) is 0 Å². The molecule has 0 heterocycles. The van der Waals surface area contributed by atoms with Crippen molar-refractivity contribution in [1.29, 1.82) is 0 Å². The second-order valence-corrected chi connectivity index (χ2v) is 4.87. The number of carbonyl (C=O) groups excluding carboxylic acids is 1. The van der Waals surface area contributed by atoms with Crippen LogP contribution in [0.1, 0.15) is 15.9 Å². The molecule has 3 nitrogen and oxygen atoms in total. The van der Waals surface area contributed by atoms with Gasteiger partial charge in [-0.05, 0) is 52.4 Å². The molecule has 0 saturated carbocycles. The highest BCUT2D eigenvalue weighted by molar-refractivity contribution is 14.1. The lowest BCUT2D eigenvalue weighted by atomic mass is 10.2. The molecule has 2 aromatic carbocycles. The van der Waals surface area contributed by atoms with E-state index in [0.717, 1.165) is 9.13 Å². The van der Waals surface area contributed by atoms with E-state index in [1.54, 1.807) is 18.3 Å². The van der Waals surface area contributed by atoms with Crippen molar-refractivity contribution < 1.29 is 4.79 Å². The third-order valence-corrected chi connectivity index (χ3v) is 2.94. The molecular formula is C14H11IN2O. The van der Waals surface area contributed by atoms with Crippen LogP contribution in [0.2, 0.25) is 0 Å². The number of hydrogen-bond acceptors (Lipinski definition) is 2. The fraction of sp³-hybridized carbons (Fsp3) is 0. The average molecular weight is 350 g/mol. The van der Waals surface area contributed by atoms with Crippen LogP contribution in [0.25, 0.3) is 0 Å². The van der Waals surface area contributed by atoms with Gasteiger partial charge in [-0.2, -0.15) is 5.10 Å². The molecule has 0 aliphatic rings. The topological polar surface area (TPSA) is 41.5 Å². The van der Waals surface area contributed by atoms with Gasteiger partial charge in [-0.3, -0.25) is 4.79 Å². The minimum atomic E-state index is -0.211. The molecule has 0 radical (unpaired) electrons. The smallest absolute Gasteiger partial charge is 0.267 e. The third-order valence-electron chi connectivity index (χ3n) is 2.26. The zero-order chi connectivity index (χ0) is 12.8. The summed E-state index contributed by atoms with van der Waals surface area (Å²) in [6.45, 7) is 0. The number of nitrogens with zero attached hydrogens (tertiary/aromatic N) is 1. The zero-order valence-electron chi connectivity index (χ0n) is 9.51. The summed E-state index contributed by atoms with van der Waals surface area (Å²) < 4.78 is 1.13. The normalized spacial score (nSPS) is 10.5. The predicted molar refractivity (Wildman–Crippen MR) is 80.7 cm³/mol. The Morgan fingerprint density at radius 1 is 1.11 bits per heavy atom. The Hall–Kier alpha value is -1.69. The van der Waals surface area contributed by atoms with Gasteiger partial charge in [-0.25, -0.2) is 5.43 Å². The second kappa shape index (κ2) is 6.30. The van der Waals surface area contributed by atoms with E-state index in [4.69, 9.17) is 0 Å². The highest BCUT2D eigenvalue weighted by Crippen LogP contribution is 2.05. The highest BCUT2D eigenvalue weighted by atomic mass is 127. The average Bonchev–Trinajstić information content (AvgIpc) is 2.40. The van der Waals surface area contributed by atoms with Crippen LogP contribution >= 0.6 is 22.6 Å². The first-order valence-corrected chi connectivity index (χ1v) is 6.47. The molecule has 18 heavy (non-hydrogen) atoms.